The van der Waals surface area contributed by atoms with Gasteiger partial charge in [0.05, 0.1) is 6.54 Å². The van der Waals surface area contributed by atoms with E-state index in [0.29, 0.717) is 23.7 Å². The van der Waals surface area contributed by atoms with Crippen LogP contribution in [0.5, 0.6) is 5.75 Å². The third-order valence-corrected chi connectivity index (χ3v) is 6.84. The molecule has 3 aromatic rings. The van der Waals surface area contributed by atoms with Gasteiger partial charge in [0.15, 0.2) is 0 Å². The van der Waals surface area contributed by atoms with Crippen LogP contribution in [0.2, 0.25) is 5.02 Å². The Morgan fingerprint density at radius 3 is 2.15 bits per heavy atom. The number of ether oxygens (including phenoxy) is 1. The first-order valence-electron chi connectivity index (χ1n) is 12.9. The number of carbonyl (C=O) groups excluding carboxylic acids is 1. The highest BCUT2D eigenvalue weighted by Gasteiger charge is 2.31. The molecule has 2 aromatic carbocycles. The summed E-state index contributed by atoms with van der Waals surface area (Å²) in [7, 11) is 0. The number of aromatic nitrogens is 1. The first-order valence-corrected chi connectivity index (χ1v) is 13.3. The van der Waals surface area contributed by atoms with E-state index in [0.717, 1.165) is 48.3 Å². The predicted molar refractivity (Wildman–Crippen MR) is 152 cm³/mol. The molecule has 1 fully saturated rings. The van der Waals surface area contributed by atoms with Gasteiger partial charge in [0.2, 0.25) is 5.43 Å². The van der Waals surface area contributed by atoms with E-state index in [4.69, 9.17) is 11.6 Å². The molecule has 0 bridgehead atoms. The lowest BCUT2D eigenvalue weighted by Crippen LogP contribution is -2.33. The average molecular weight is 573 g/mol. The number of carbonyl (C=O) groups is 1. The summed E-state index contributed by atoms with van der Waals surface area (Å²) in [6, 6.07) is 13.7. The fraction of sp³-hybridized carbons (Fsp3) is 0.355. The summed E-state index contributed by atoms with van der Waals surface area (Å²) in [5.41, 5.74) is 4.49. The van der Waals surface area contributed by atoms with Crippen LogP contribution in [-0.4, -0.2) is 41.7 Å². The number of likely N-dealkylation sites (tertiary alicyclic amines) is 1. The maximum Gasteiger partial charge on any atom is 0.573 e. The summed E-state index contributed by atoms with van der Waals surface area (Å²) in [4.78, 5) is 27.5. The summed E-state index contributed by atoms with van der Waals surface area (Å²) >= 11 is 6.14. The van der Waals surface area contributed by atoms with E-state index in [1.165, 1.54) is 26.0 Å². The lowest BCUT2D eigenvalue weighted by atomic mass is 9.89. The van der Waals surface area contributed by atoms with Crippen molar-refractivity contribution in [3.8, 4) is 28.7 Å². The maximum absolute atomic E-state index is 12.6. The lowest BCUT2D eigenvalue weighted by molar-refractivity contribution is -0.274. The zero-order valence-corrected chi connectivity index (χ0v) is 23.7. The van der Waals surface area contributed by atoms with Crippen molar-refractivity contribution in [1.29, 1.82) is 0 Å². The number of rotatable bonds is 4. The summed E-state index contributed by atoms with van der Waals surface area (Å²) < 4.78 is 41.0. The Bertz CT molecular complexity index is 1420. The van der Waals surface area contributed by atoms with Crippen LogP contribution in [0.25, 0.3) is 11.1 Å². The molecule has 1 saturated heterocycles. The quantitative estimate of drug-likeness (QED) is 0.341. The second kappa shape index (κ2) is 13.7. The molecule has 0 unspecified atom stereocenters. The summed E-state index contributed by atoms with van der Waals surface area (Å²) in [6.45, 7) is 9.06. The number of alkyl halides is 3. The molecule has 0 spiro atoms. The van der Waals surface area contributed by atoms with E-state index in [9.17, 15) is 22.8 Å². The minimum atomic E-state index is -4.68. The van der Waals surface area contributed by atoms with Gasteiger partial charge in [-0.3, -0.25) is 9.69 Å². The maximum atomic E-state index is 12.6. The number of hydrogen-bond donors (Lipinski definition) is 1. The number of Topliss-reactive ketones (excluding diaryl/α,β-unsaturated/α-hetero) is 1. The molecule has 40 heavy (non-hydrogen) atoms. The van der Waals surface area contributed by atoms with Crippen LogP contribution in [0.4, 0.5) is 13.2 Å². The molecule has 0 radical (unpaired) electrons. The van der Waals surface area contributed by atoms with Crippen molar-refractivity contribution in [2.75, 3.05) is 19.6 Å². The van der Waals surface area contributed by atoms with Gasteiger partial charge >= 0.3 is 6.36 Å². The molecule has 9 heteroatoms. The molecular formula is C31H32ClF3N2O3. The van der Waals surface area contributed by atoms with Crippen molar-refractivity contribution in [2.45, 2.75) is 52.8 Å². The normalized spacial score (nSPS) is 14.0. The molecular weight excluding hydrogens is 541 g/mol. The third-order valence-electron chi connectivity index (χ3n) is 6.39. The van der Waals surface area contributed by atoms with Crippen molar-refractivity contribution in [2.24, 2.45) is 0 Å². The van der Waals surface area contributed by atoms with E-state index in [2.05, 4.69) is 26.5 Å². The largest absolute Gasteiger partial charge is 0.573 e. The van der Waals surface area contributed by atoms with Gasteiger partial charge in [0.1, 0.15) is 16.6 Å². The van der Waals surface area contributed by atoms with Crippen LogP contribution in [0.15, 0.2) is 53.3 Å². The Hall–Kier alpha value is -3.54. The standard InChI is InChI=1S/C28H26ClF3N2O2.C3H6O/c1-18-25(27(35)26(29)19(2)33-18)23-7-5-20(6-8-23)4-3-15-34-16-13-22(14-17-34)21-9-11-24(12-10-21)36-28(30,31)32;1-3(2)4/h5-12,22H,13-17H2,1-2H3,(H,33,35);1-2H3. The number of piperidine rings is 1. The van der Waals surface area contributed by atoms with E-state index < -0.39 is 6.36 Å². The van der Waals surface area contributed by atoms with E-state index in [1.807, 2.05) is 31.2 Å². The number of aryl methyl sites for hydroxylation is 2. The molecule has 5 nitrogen and oxygen atoms in total. The van der Waals surface area contributed by atoms with E-state index >= 15 is 0 Å². The van der Waals surface area contributed by atoms with Crippen LogP contribution < -0.4 is 10.2 Å². The fourth-order valence-electron chi connectivity index (χ4n) is 4.54. The number of nitrogens with zero attached hydrogens (tertiary/aromatic N) is 1. The van der Waals surface area contributed by atoms with Gasteiger partial charge in [-0.25, -0.2) is 0 Å². The minimum absolute atomic E-state index is 0.167. The molecule has 0 amide bonds. The summed E-state index contributed by atoms with van der Waals surface area (Å²) in [5, 5.41) is 0.204. The SMILES string of the molecule is CC(C)=O.Cc1[nH]c(C)c(-c2ccc(C#CCN3CCC(c4ccc(OC(F)(F)F)cc4)CC3)cc2)c(=O)c1Cl. The Morgan fingerprint density at radius 2 is 1.60 bits per heavy atom. The smallest absolute Gasteiger partial charge is 0.406 e. The Labute approximate surface area is 237 Å². The summed E-state index contributed by atoms with van der Waals surface area (Å²) in [5.74, 6) is 6.67. The monoisotopic (exact) mass is 572 g/mol. The Morgan fingerprint density at radius 1 is 1.02 bits per heavy atom. The second-order valence-corrected chi connectivity index (χ2v) is 10.2. The zero-order chi connectivity index (χ0) is 29.4. The number of halogens is 4. The molecule has 212 valence electrons. The molecule has 0 saturated carbocycles. The van der Waals surface area contributed by atoms with Crippen LogP contribution in [-0.2, 0) is 4.79 Å². The van der Waals surface area contributed by atoms with Crippen molar-refractivity contribution in [3.05, 3.63) is 86.3 Å². The number of hydrogen-bond acceptors (Lipinski definition) is 4. The van der Waals surface area contributed by atoms with Gasteiger partial charge in [-0.15, -0.1) is 13.2 Å². The second-order valence-electron chi connectivity index (χ2n) is 9.85. The van der Waals surface area contributed by atoms with Crippen molar-refractivity contribution in [3.63, 3.8) is 0 Å². The highest BCUT2D eigenvalue weighted by molar-refractivity contribution is 6.31. The predicted octanol–water partition coefficient (Wildman–Crippen LogP) is 7.04. The number of aromatic amines is 1. The number of H-pyrrole nitrogens is 1. The van der Waals surface area contributed by atoms with Crippen molar-refractivity contribution in [1.82, 2.24) is 9.88 Å². The molecule has 4 rings (SSSR count). The van der Waals surface area contributed by atoms with Gasteiger partial charge in [-0.1, -0.05) is 47.7 Å². The highest BCUT2D eigenvalue weighted by atomic mass is 35.5. The summed E-state index contributed by atoms with van der Waals surface area (Å²) in [6.07, 6.45) is -2.84. The Kier molecular flexibility index (Phi) is 10.6. The van der Waals surface area contributed by atoms with Crippen LogP contribution in [0.1, 0.15) is 55.1 Å². The number of pyridine rings is 1. The zero-order valence-electron chi connectivity index (χ0n) is 22.9. The van der Waals surface area contributed by atoms with Crippen LogP contribution in [0, 0.1) is 25.7 Å². The van der Waals surface area contributed by atoms with Crippen LogP contribution >= 0.6 is 11.6 Å². The van der Waals surface area contributed by atoms with E-state index in [1.54, 1.807) is 19.1 Å². The molecule has 0 aliphatic carbocycles. The third kappa shape index (κ3) is 9.00. The molecule has 1 aromatic heterocycles. The van der Waals surface area contributed by atoms with Crippen molar-refractivity contribution < 1.29 is 22.7 Å². The molecule has 2 heterocycles. The van der Waals surface area contributed by atoms with E-state index in [-0.39, 0.29) is 22.0 Å². The first-order chi connectivity index (χ1) is 18.8. The van der Waals surface area contributed by atoms with Gasteiger partial charge in [-0.05, 0) is 94.9 Å². The average Bonchev–Trinajstić information content (AvgIpc) is 2.88. The lowest BCUT2D eigenvalue weighted by Gasteiger charge is -2.30. The van der Waals surface area contributed by atoms with Gasteiger partial charge in [-0.2, -0.15) is 0 Å². The van der Waals surface area contributed by atoms with Gasteiger partial charge in [0.25, 0.3) is 0 Å². The first kappa shape index (κ1) is 31.0. The highest BCUT2D eigenvalue weighted by Crippen LogP contribution is 2.30. The Balaban J connectivity index is 0.00000103. The number of ketones is 1. The minimum Gasteiger partial charge on any atom is -0.406 e. The number of nitrogens with one attached hydrogen (secondary N) is 1. The molecule has 1 aliphatic heterocycles. The van der Waals surface area contributed by atoms with Gasteiger partial charge < -0.3 is 14.5 Å². The molecule has 1 aliphatic rings. The van der Waals surface area contributed by atoms with Gasteiger partial charge in [0, 0.05) is 22.5 Å². The molecule has 0 atom stereocenters. The fourth-order valence-corrected chi connectivity index (χ4v) is 4.68. The molecule has 1 N–H and O–H groups in total. The van der Waals surface area contributed by atoms with Crippen molar-refractivity contribution >= 4 is 17.4 Å². The topological polar surface area (TPSA) is 62.4 Å². The number of benzene rings is 2. The van der Waals surface area contributed by atoms with Crippen LogP contribution in [0.3, 0.4) is 0 Å².